The van der Waals surface area contributed by atoms with Crippen molar-refractivity contribution >= 4 is 17.4 Å². The topological polar surface area (TPSA) is 72.9 Å². The number of anilines is 2. The Morgan fingerprint density at radius 3 is 2.57 bits per heavy atom. The Balaban J connectivity index is 1.86. The first-order valence-corrected chi connectivity index (χ1v) is 7.00. The van der Waals surface area contributed by atoms with Crippen LogP contribution >= 0.6 is 0 Å². The molecule has 0 bridgehead atoms. The van der Waals surface area contributed by atoms with Gasteiger partial charge < -0.3 is 11.1 Å². The molecule has 0 unspecified atom stereocenters. The van der Waals surface area contributed by atoms with Crippen molar-refractivity contribution < 1.29 is 9.18 Å². The van der Waals surface area contributed by atoms with Crippen LogP contribution in [0.2, 0.25) is 0 Å². The third kappa shape index (κ3) is 3.06. The molecule has 6 heteroatoms. The molecule has 0 aliphatic rings. The summed E-state index contributed by atoms with van der Waals surface area (Å²) in [5.74, 6) is -0.606. The summed E-state index contributed by atoms with van der Waals surface area (Å²) in [7, 11) is 1.71. The van der Waals surface area contributed by atoms with E-state index in [4.69, 9.17) is 5.73 Å². The quantitative estimate of drug-likeness (QED) is 0.730. The number of rotatable bonds is 3. The Morgan fingerprint density at radius 1 is 1.17 bits per heavy atom. The van der Waals surface area contributed by atoms with Gasteiger partial charge >= 0.3 is 0 Å². The fourth-order valence-electron chi connectivity index (χ4n) is 2.21. The van der Waals surface area contributed by atoms with Gasteiger partial charge in [-0.05, 0) is 24.3 Å². The van der Waals surface area contributed by atoms with E-state index in [1.165, 1.54) is 22.9 Å². The number of nitrogens with two attached hydrogens (primary N) is 1. The predicted molar refractivity (Wildman–Crippen MR) is 87.4 cm³/mol. The van der Waals surface area contributed by atoms with E-state index in [-0.39, 0.29) is 5.56 Å². The Hall–Kier alpha value is -3.15. The minimum Gasteiger partial charge on any atom is -0.399 e. The van der Waals surface area contributed by atoms with Crippen molar-refractivity contribution in [3.8, 4) is 11.3 Å². The van der Waals surface area contributed by atoms with Gasteiger partial charge in [0.15, 0.2) is 0 Å². The number of nitrogens with zero attached hydrogens (tertiary/aromatic N) is 2. The van der Waals surface area contributed by atoms with Crippen LogP contribution in [0.1, 0.15) is 10.4 Å². The highest BCUT2D eigenvalue weighted by Crippen LogP contribution is 2.22. The third-order valence-corrected chi connectivity index (χ3v) is 3.45. The Kier molecular flexibility index (Phi) is 3.80. The van der Waals surface area contributed by atoms with Crippen molar-refractivity contribution in [3.63, 3.8) is 0 Å². The highest BCUT2D eigenvalue weighted by Gasteiger charge is 2.14. The molecule has 3 rings (SSSR count). The van der Waals surface area contributed by atoms with Crippen molar-refractivity contribution in [2.75, 3.05) is 11.1 Å². The van der Waals surface area contributed by atoms with E-state index >= 15 is 0 Å². The zero-order valence-electron chi connectivity index (χ0n) is 12.5. The van der Waals surface area contributed by atoms with Gasteiger partial charge in [0.1, 0.15) is 11.6 Å². The fourth-order valence-corrected chi connectivity index (χ4v) is 2.21. The molecule has 0 radical (unpaired) electrons. The Bertz CT molecular complexity index is 855. The maximum Gasteiger partial charge on any atom is 0.259 e. The van der Waals surface area contributed by atoms with Gasteiger partial charge in [-0.15, -0.1) is 0 Å². The summed E-state index contributed by atoms with van der Waals surface area (Å²) in [5, 5.41) is 7.01. The van der Waals surface area contributed by atoms with Crippen molar-refractivity contribution in [2.45, 2.75) is 0 Å². The Labute approximate surface area is 132 Å². The highest BCUT2D eigenvalue weighted by molar-refractivity contribution is 6.04. The summed E-state index contributed by atoms with van der Waals surface area (Å²) in [6, 6.07) is 14.8. The van der Waals surface area contributed by atoms with E-state index in [0.717, 1.165) is 5.56 Å². The van der Waals surface area contributed by atoms with E-state index < -0.39 is 11.7 Å². The predicted octanol–water partition coefficient (Wildman–Crippen LogP) is 3.06. The average Bonchev–Trinajstić information content (AvgIpc) is 2.89. The second kappa shape index (κ2) is 5.92. The molecule has 5 nitrogen and oxygen atoms in total. The number of nitrogen functional groups attached to an aromatic ring is 1. The normalized spacial score (nSPS) is 10.5. The van der Waals surface area contributed by atoms with Gasteiger partial charge in [0.2, 0.25) is 0 Å². The molecule has 0 aliphatic heterocycles. The Morgan fingerprint density at radius 2 is 1.87 bits per heavy atom. The van der Waals surface area contributed by atoms with Gasteiger partial charge in [-0.3, -0.25) is 9.48 Å². The second-order valence-corrected chi connectivity index (χ2v) is 5.09. The van der Waals surface area contributed by atoms with Gasteiger partial charge in [-0.2, -0.15) is 5.10 Å². The number of halogens is 1. The molecule has 0 spiro atoms. The summed E-state index contributed by atoms with van der Waals surface area (Å²) in [6.45, 7) is 0. The van der Waals surface area contributed by atoms with Crippen LogP contribution in [0.3, 0.4) is 0 Å². The summed E-state index contributed by atoms with van der Waals surface area (Å²) >= 11 is 0. The molecule has 2 aromatic carbocycles. The van der Waals surface area contributed by atoms with E-state index in [0.29, 0.717) is 17.2 Å². The number of carbonyl (C=O) groups is 1. The van der Waals surface area contributed by atoms with Crippen molar-refractivity contribution in [1.82, 2.24) is 9.78 Å². The smallest absolute Gasteiger partial charge is 0.259 e. The maximum atomic E-state index is 13.7. The first-order valence-electron chi connectivity index (χ1n) is 7.00. The van der Waals surface area contributed by atoms with Crippen LogP contribution in [-0.4, -0.2) is 15.7 Å². The fraction of sp³-hybridized carbons (Fsp3) is 0.0588. The number of benzene rings is 2. The summed E-state index contributed by atoms with van der Waals surface area (Å²) in [6.07, 6.45) is 0. The minimum absolute atomic E-state index is 0.0114. The molecule has 3 N–H and O–H groups in total. The first-order chi connectivity index (χ1) is 11.0. The summed E-state index contributed by atoms with van der Waals surface area (Å²) in [4.78, 5) is 12.2. The molecule has 23 heavy (non-hydrogen) atoms. The second-order valence-electron chi connectivity index (χ2n) is 5.09. The minimum atomic E-state index is -0.564. The highest BCUT2D eigenvalue weighted by atomic mass is 19.1. The van der Waals surface area contributed by atoms with E-state index in [1.807, 2.05) is 12.1 Å². The lowest BCUT2D eigenvalue weighted by Gasteiger charge is -2.05. The van der Waals surface area contributed by atoms with Crippen LogP contribution in [0, 0.1) is 5.82 Å². The number of hydrogen-bond donors (Lipinski definition) is 2. The van der Waals surface area contributed by atoms with E-state index in [9.17, 15) is 9.18 Å². The molecular weight excluding hydrogens is 295 g/mol. The summed E-state index contributed by atoms with van der Waals surface area (Å²) in [5.41, 5.74) is 7.89. The van der Waals surface area contributed by atoms with Crippen LogP contribution in [0.5, 0.6) is 0 Å². The van der Waals surface area contributed by atoms with Gasteiger partial charge in [0, 0.05) is 24.4 Å². The van der Waals surface area contributed by atoms with Gasteiger partial charge in [0.25, 0.3) is 5.91 Å². The molecule has 3 aromatic rings. The van der Waals surface area contributed by atoms with E-state index in [2.05, 4.69) is 10.4 Å². The van der Waals surface area contributed by atoms with Crippen LogP contribution in [0.4, 0.5) is 15.9 Å². The monoisotopic (exact) mass is 310 g/mol. The zero-order valence-corrected chi connectivity index (χ0v) is 12.5. The molecule has 116 valence electrons. The van der Waals surface area contributed by atoms with Crippen LogP contribution in [0.15, 0.2) is 54.6 Å². The van der Waals surface area contributed by atoms with Gasteiger partial charge in [0.05, 0.1) is 11.3 Å². The molecule has 1 amide bonds. The average molecular weight is 310 g/mol. The lowest BCUT2D eigenvalue weighted by atomic mass is 10.1. The maximum absolute atomic E-state index is 13.7. The number of carbonyl (C=O) groups excluding carboxylic acids is 1. The number of nitrogens with one attached hydrogen (secondary N) is 1. The van der Waals surface area contributed by atoms with E-state index in [1.54, 1.807) is 31.3 Å². The molecule has 1 heterocycles. The lowest BCUT2D eigenvalue weighted by Crippen LogP contribution is -2.15. The number of aromatic nitrogens is 2. The van der Waals surface area contributed by atoms with Crippen molar-refractivity contribution in [2.24, 2.45) is 7.05 Å². The molecule has 0 fully saturated rings. The molecular formula is C17H15FN4O. The largest absolute Gasteiger partial charge is 0.399 e. The molecule has 1 aromatic heterocycles. The number of amides is 1. The standard InChI is InChI=1S/C17H15FN4O/c1-22-16(20-17(23)13-4-2-3-5-14(13)18)10-15(21-22)11-6-8-12(19)9-7-11/h2-10H,19H2,1H3,(H,20,23). The third-order valence-electron chi connectivity index (χ3n) is 3.45. The lowest BCUT2D eigenvalue weighted by molar-refractivity contribution is 0.102. The van der Waals surface area contributed by atoms with Crippen LogP contribution in [0.25, 0.3) is 11.3 Å². The van der Waals surface area contributed by atoms with Crippen LogP contribution in [-0.2, 0) is 7.05 Å². The van der Waals surface area contributed by atoms with Gasteiger partial charge in [-0.1, -0.05) is 24.3 Å². The zero-order chi connectivity index (χ0) is 16.4. The SMILES string of the molecule is Cn1nc(-c2ccc(N)cc2)cc1NC(=O)c1ccccc1F. The van der Waals surface area contributed by atoms with Crippen LogP contribution < -0.4 is 11.1 Å². The number of aryl methyl sites for hydroxylation is 1. The molecule has 0 atom stereocenters. The number of hydrogen-bond acceptors (Lipinski definition) is 3. The molecule has 0 saturated carbocycles. The molecule has 0 aliphatic carbocycles. The van der Waals surface area contributed by atoms with Gasteiger partial charge in [-0.25, -0.2) is 4.39 Å². The van der Waals surface area contributed by atoms with Crippen molar-refractivity contribution in [3.05, 3.63) is 66.0 Å². The summed E-state index contributed by atoms with van der Waals surface area (Å²) < 4.78 is 15.2. The first kappa shape index (κ1) is 14.8. The molecule has 0 saturated heterocycles. The van der Waals surface area contributed by atoms with Crippen molar-refractivity contribution in [1.29, 1.82) is 0 Å².